The Morgan fingerprint density at radius 2 is 2.11 bits per heavy atom. The van der Waals surface area contributed by atoms with Crippen LogP contribution in [0.15, 0.2) is 12.1 Å². The number of nitrogens with one attached hydrogen (secondary N) is 1. The first kappa shape index (κ1) is 12.5. The minimum atomic E-state index is 0.127. The van der Waals surface area contributed by atoms with E-state index in [2.05, 4.69) is 19.2 Å². The SMILES string of the molecule is CC(C)CC1CCc2c(ccc3c2CCC(=O)N3)O1. The summed E-state index contributed by atoms with van der Waals surface area (Å²) in [4.78, 5) is 11.4. The van der Waals surface area contributed by atoms with Gasteiger partial charge in [-0.05, 0) is 54.9 Å². The molecule has 2 heterocycles. The Hall–Kier alpha value is -1.51. The van der Waals surface area contributed by atoms with Gasteiger partial charge < -0.3 is 10.1 Å². The van der Waals surface area contributed by atoms with E-state index >= 15 is 0 Å². The molecule has 0 saturated carbocycles. The van der Waals surface area contributed by atoms with Crippen molar-refractivity contribution in [2.45, 2.75) is 52.1 Å². The maximum absolute atomic E-state index is 11.4. The third-order valence-corrected chi connectivity index (χ3v) is 4.01. The largest absolute Gasteiger partial charge is 0.490 e. The summed E-state index contributed by atoms with van der Waals surface area (Å²) in [5, 5.41) is 2.96. The van der Waals surface area contributed by atoms with E-state index in [4.69, 9.17) is 4.74 Å². The van der Waals surface area contributed by atoms with Crippen molar-refractivity contribution in [3.05, 3.63) is 23.3 Å². The van der Waals surface area contributed by atoms with Gasteiger partial charge in [0.15, 0.2) is 0 Å². The predicted molar refractivity (Wildman–Crippen MR) is 75.6 cm³/mol. The molecular formula is C16H21NO2. The normalized spacial score (nSPS) is 21.4. The Kier molecular flexibility index (Phi) is 3.21. The number of carbonyl (C=O) groups excluding carboxylic acids is 1. The highest BCUT2D eigenvalue weighted by Crippen LogP contribution is 2.37. The summed E-state index contributed by atoms with van der Waals surface area (Å²) in [6.45, 7) is 4.47. The Morgan fingerprint density at radius 3 is 2.89 bits per heavy atom. The fraction of sp³-hybridized carbons (Fsp3) is 0.562. The highest BCUT2D eigenvalue weighted by Gasteiger charge is 2.26. The van der Waals surface area contributed by atoms with Gasteiger partial charge in [0, 0.05) is 12.1 Å². The van der Waals surface area contributed by atoms with Gasteiger partial charge in [-0.1, -0.05) is 13.8 Å². The summed E-state index contributed by atoms with van der Waals surface area (Å²) in [6.07, 6.45) is 5.08. The molecule has 0 fully saturated rings. The molecule has 3 rings (SSSR count). The molecule has 0 aromatic heterocycles. The zero-order valence-corrected chi connectivity index (χ0v) is 11.7. The molecule has 1 atom stereocenters. The zero-order valence-electron chi connectivity index (χ0n) is 11.7. The Labute approximate surface area is 114 Å². The molecular weight excluding hydrogens is 238 g/mol. The first-order chi connectivity index (χ1) is 9.13. The summed E-state index contributed by atoms with van der Waals surface area (Å²) in [5.74, 6) is 1.83. The Bertz CT molecular complexity index is 508. The second-order valence-corrected chi connectivity index (χ2v) is 6.02. The van der Waals surface area contributed by atoms with E-state index in [1.54, 1.807) is 0 Å². The molecule has 3 heteroatoms. The van der Waals surface area contributed by atoms with Crippen LogP contribution >= 0.6 is 0 Å². The van der Waals surface area contributed by atoms with Crippen molar-refractivity contribution in [3.8, 4) is 5.75 Å². The van der Waals surface area contributed by atoms with Crippen molar-refractivity contribution >= 4 is 11.6 Å². The van der Waals surface area contributed by atoms with Gasteiger partial charge in [0.25, 0.3) is 0 Å². The van der Waals surface area contributed by atoms with Crippen LogP contribution < -0.4 is 10.1 Å². The maximum atomic E-state index is 11.4. The van der Waals surface area contributed by atoms with Crippen LogP contribution in [-0.4, -0.2) is 12.0 Å². The van der Waals surface area contributed by atoms with Crippen LogP contribution in [0.3, 0.4) is 0 Å². The van der Waals surface area contributed by atoms with E-state index in [-0.39, 0.29) is 5.91 Å². The third kappa shape index (κ3) is 2.46. The molecule has 102 valence electrons. The van der Waals surface area contributed by atoms with E-state index in [1.807, 2.05) is 12.1 Å². The summed E-state index contributed by atoms with van der Waals surface area (Å²) in [7, 11) is 0. The molecule has 0 saturated heterocycles. The molecule has 1 aromatic rings. The smallest absolute Gasteiger partial charge is 0.224 e. The fourth-order valence-electron chi connectivity index (χ4n) is 3.15. The molecule has 0 bridgehead atoms. The van der Waals surface area contributed by atoms with Gasteiger partial charge in [-0.15, -0.1) is 0 Å². The molecule has 0 aliphatic carbocycles. The lowest BCUT2D eigenvalue weighted by Gasteiger charge is -2.30. The number of amides is 1. The number of benzene rings is 1. The van der Waals surface area contributed by atoms with Crippen LogP contribution in [0.25, 0.3) is 0 Å². The molecule has 1 amide bonds. The summed E-state index contributed by atoms with van der Waals surface area (Å²) < 4.78 is 6.12. The molecule has 1 aromatic carbocycles. The molecule has 2 aliphatic rings. The van der Waals surface area contributed by atoms with Crippen molar-refractivity contribution in [1.29, 1.82) is 0 Å². The highest BCUT2D eigenvalue weighted by molar-refractivity contribution is 5.94. The van der Waals surface area contributed by atoms with Crippen molar-refractivity contribution in [3.63, 3.8) is 0 Å². The van der Waals surface area contributed by atoms with Gasteiger partial charge in [-0.3, -0.25) is 4.79 Å². The van der Waals surface area contributed by atoms with Crippen LogP contribution in [0.2, 0.25) is 0 Å². The quantitative estimate of drug-likeness (QED) is 0.885. The Balaban J connectivity index is 1.86. The zero-order chi connectivity index (χ0) is 13.4. The third-order valence-electron chi connectivity index (χ3n) is 4.01. The van der Waals surface area contributed by atoms with Gasteiger partial charge in [-0.25, -0.2) is 0 Å². The minimum absolute atomic E-state index is 0.127. The van der Waals surface area contributed by atoms with Crippen LogP contribution in [0.1, 0.15) is 44.2 Å². The molecule has 0 spiro atoms. The van der Waals surface area contributed by atoms with Crippen LogP contribution in [0, 0.1) is 5.92 Å². The van der Waals surface area contributed by atoms with Gasteiger partial charge in [0.05, 0.1) is 6.10 Å². The van der Waals surface area contributed by atoms with E-state index in [1.165, 1.54) is 11.1 Å². The summed E-state index contributed by atoms with van der Waals surface area (Å²) >= 11 is 0. The van der Waals surface area contributed by atoms with Crippen molar-refractivity contribution in [2.24, 2.45) is 5.92 Å². The molecule has 1 unspecified atom stereocenters. The van der Waals surface area contributed by atoms with Gasteiger partial charge >= 0.3 is 0 Å². The average molecular weight is 259 g/mol. The van der Waals surface area contributed by atoms with Crippen molar-refractivity contribution in [2.75, 3.05) is 5.32 Å². The average Bonchev–Trinajstić information content (AvgIpc) is 2.37. The topological polar surface area (TPSA) is 38.3 Å². The number of hydrogen-bond acceptors (Lipinski definition) is 2. The van der Waals surface area contributed by atoms with E-state index in [0.717, 1.165) is 37.1 Å². The van der Waals surface area contributed by atoms with Crippen LogP contribution in [0.4, 0.5) is 5.69 Å². The van der Waals surface area contributed by atoms with Crippen molar-refractivity contribution < 1.29 is 9.53 Å². The molecule has 3 nitrogen and oxygen atoms in total. The number of hydrogen-bond donors (Lipinski definition) is 1. The number of ether oxygens (including phenoxy) is 1. The second-order valence-electron chi connectivity index (χ2n) is 6.02. The van der Waals surface area contributed by atoms with Gasteiger partial charge in [-0.2, -0.15) is 0 Å². The predicted octanol–water partition coefficient (Wildman–Crippen LogP) is 3.31. The minimum Gasteiger partial charge on any atom is -0.490 e. The standard InChI is InChI=1S/C16H21NO2/c1-10(2)9-11-3-4-13-12-5-8-16(18)17-14(12)6-7-15(13)19-11/h6-7,10-11H,3-5,8-9H2,1-2H3,(H,17,18). The van der Waals surface area contributed by atoms with E-state index < -0.39 is 0 Å². The summed E-state index contributed by atoms with van der Waals surface area (Å²) in [6, 6.07) is 4.01. The van der Waals surface area contributed by atoms with Gasteiger partial charge in [0.2, 0.25) is 5.91 Å². The first-order valence-corrected chi connectivity index (χ1v) is 7.24. The highest BCUT2D eigenvalue weighted by atomic mass is 16.5. The van der Waals surface area contributed by atoms with Crippen LogP contribution in [0.5, 0.6) is 5.75 Å². The lowest BCUT2D eigenvalue weighted by molar-refractivity contribution is -0.116. The molecule has 0 radical (unpaired) electrons. The fourth-order valence-corrected chi connectivity index (χ4v) is 3.15. The molecule has 1 N–H and O–H groups in total. The summed E-state index contributed by atoms with van der Waals surface area (Å²) in [5.41, 5.74) is 3.60. The lowest BCUT2D eigenvalue weighted by atomic mass is 9.89. The number of anilines is 1. The maximum Gasteiger partial charge on any atom is 0.224 e. The van der Waals surface area contributed by atoms with Gasteiger partial charge in [0.1, 0.15) is 5.75 Å². The Morgan fingerprint density at radius 1 is 1.26 bits per heavy atom. The second kappa shape index (κ2) is 4.87. The molecule has 2 aliphatic heterocycles. The number of rotatable bonds is 2. The van der Waals surface area contributed by atoms with E-state index in [9.17, 15) is 4.79 Å². The first-order valence-electron chi connectivity index (χ1n) is 7.24. The van der Waals surface area contributed by atoms with E-state index in [0.29, 0.717) is 18.4 Å². The monoisotopic (exact) mass is 259 g/mol. The number of carbonyl (C=O) groups is 1. The van der Waals surface area contributed by atoms with Crippen molar-refractivity contribution in [1.82, 2.24) is 0 Å². The number of fused-ring (bicyclic) bond motifs is 3. The lowest BCUT2D eigenvalue weighted by Crippen LogP contribution is -2.27. The van der Waals surface area contributed by atoms with Crippen LogP contribution in [-0.2, 0) is 17.6 Å². The molecule has 19 heavy (non-hydrogen) atoms.